The van der Waals surface area contributed by atoms with E-state index in [0.29, 0.717) is 6.42 Å². The molecule has 1 aromatic carbocycles. The van der Waals surface area contributed by atoms with E-state index in [1.807, 2.05) is 0 Å². The first-order valence-corrected chi connectivity index (χ1v) is 7.08. The van der Waals surface area contributed by atoms with Crippen LogP contribution in [0, 0.1) is 5.41 Å². The van der Waals surface area contributed by atoms with Gasteiger partial charge in [-0.1, -0.05) is 6.08 Å². The number of rotatable bonds is 5. The molecule has 1 aliphatic carbocycles. The molecule has 2 atom stereocenters. The Morgan fingerprint density at radius 1 is 1.26 bits per heavy atom. The monoisotopic (exact) mass is 322 g/mol. The number of hydrogen-bond acceptors (Lipinski definition) is 6. The van der Waals surface area contributed by atoms with Gasteiger partial charge in [-0.25, -0.2) is 0 Å². The molecule has 0 fully saturated rings. The maximum Gasteiger partial charge on any atom is 0.313 e. The summed E-state index contributed by atoms with van der Waals surface area (Å²) in [5.74, 6) is -2.68. The molecule has 0 aliphatic heterocycles. The highest BCUT2D eigenvalue weighted by Crippen LogP contribution is 2.41. The van der Waals surface area contributed by atoms with Crippen LogP contribution in [-0.2, 0) is 4.79 Å². The van der Waals surface area contributed by atoms with Crippen LogP contribution in [0.4, 0.5) is 0 Å². The summed E-state index contributed by atoms with van der Waals surface area (Å²) in [6, 6.07) is 3.37. The van der Waals surface area contributed by atoms with Crippen molar-refractivity contribution >= 4 is 11.8 Å². The lowest BCUT2D eigenvalue weighted by atomic mass is 9.68. The molecule has 1 aromatic rings. The first kappa shape index (κ1) is 17.0. The number of phenols is 2. The molecule has 2 unspecified atom stereocenters. The number of ketones is 1. The number of phenolic OH excluding ortho intramolecular Hbond substituents is 2. The van der Waals surface area contributed by atoms with Gasteiger partial charge in [0, 0.05) is 6.42 Å². The van der Waals surface area contributed by atoms with Gasteiger partial charge >= 0.3 is 5.97 Å². The number of carboxylic acid groups (broad SMARTS) is 1. The number of aliphatic hydroxyl groups is 2. The van der Waals surface area contributed by atoms with Crippen LogP contribution in [-0.4, -0.2) is 50.0 Å². The normalized spacial score (nSPS) is 24.1. The molecule has 0 aromatic heterocycles. The zero-order chi connectivity index (χ0) is 17.2. The Kier molecular flexibility index (Phi) is 4.72. The summed E-state index contributed by atoms with van der Waals surface area (Å²) in [6.07, 6.45) is -0.168. The lowest BCUT2D eigenvalue weighted by Crippen LogP contribution is -2.47. The fraction of sp³-hybridized carbons (Fsp3) is 0.375. The molecule has 2 rings (SSSR count). The SMILES string of the molecule is O=C(CC1(C(=O)O)CCC=C(CO)C1O)c1cc(O)ccc1O. The molecule has 1 aliphatic rings. The molecule has 124 valence electrons. The number of Topliss-reactive ketones (excluding diaryl/α,β-unsaturated/α-hetero) is 1. The molecule has 0 spiro atoms. The van der Waals surface area contributed by atoms with Gasteiger partial charge in [0.2, 0.25) is 0 Å². The summed E-state index contributed by atoms with van der Waals surface area (Å²) in [7, 11) is 0. The van der Waals surface area contributed by atoms with Crippen LogP contribution in [0.5, 0.6) is 11.5 Å². The van der Waals surface area contributed by atoms with Crippen LogP contribution in [0.25, 0.3) is 0 Å². The maximum absolute atomic E-state index is 12.4. The second-order valence-corrected chi connectivity index (χ2v) is 5.64. The third-order valence-corrected chi connectivity index (χ3v) is 4.24. The number of hydrogen-bond donors (Lipinski definition) is 5. The number of benzene rings is 1. The van der Waals surface area contributed by atoms with E-state index in [9.17, 15) is 35.1 Å². The smallest absolute Gasteiger partial charge is 0.313 e. The Balaban J connectivity index is 2.37. The van der Waals surface area contributed by atoms with Crippen molar-refractivity contribution in [2.24, 2.45) is 5.41 Å². The molecule has 0 saturated heterocycles. The summed E-state index contributed by atoms with van der Waals surface area (Å²) < 4.78 is 0. The minimum absolute atomic E-state index is 0.0261. The summed E-state index contributed by atoms with van der Waals surface area (Å²) in [6.45, 7) is -0.498. The Morgan fingerprint density at radius 2 is 1.96 bits per heavy atom. The van der Waals surface area contributed by atoms with E-state index in [2.05, 4.69) is 0 Å². The van der Waals surface area contributed by atoms with Crippen molar-refractivity contribution in [1.82, 2.24) is 0 Å². The Morgan fingerprint density at radius 3 is 2.57 bits per heavy atom. The summed E-state index contributed by atoms with van der Waals surface area (Å²) in [4.78, 5) is 24.1. The third kappa shape index (κ3) is 3.06. The standard InChI is InChI=1S/C16H18O7/c17-8-9-2-1-5-16(14(9)21,15(22)23)7-13(20)11-6-10(18)3-4-12(11)19/h2-4,6,14,17-19,21H,1,5,7-8H2,(H,22,23). The molecule has 0 bridgehead atoms. The quantitative estimate of drug-likeness (QED) is 0.307. The van der Waals surface area contributed by atoms with Crippen LogP contribution < -0.4 is 0 Å². The van der Waals surface area contributed by atoms with Crippen molar-refractivity contribution in [2.45, 2.75) is 25.4 Å². The molecule has 0 heterocycles. The average molecular weight is 322 g/mol. The Labute approximate surface area is 132 Å². The zero-order valence-electron chi connectivity index (χ0n) is 12.3. The van der Waals surface area contributed by atoms with Gasteiger partial charge in [-0.15, -0.1) is 0 Å². The first-order valence-electron chi connectivity index (χ1n) is 7.08. The number of carbonyl (C=O) groups excluding carboxylic acids is 1. The van der Waals surface area contributed by atoms with E-state index >= 15 is 0 Å². The van der Waals surface area contributed by atoms with E-state index in [4.69, 9.17) is 0 Å². The number of aliphatic carboxylic acids is 1. The first-order chi connectivity index (χ1) is 10.8. The van der Waals surface area contributed by atoms with E-state index < -0.39 is 36.3 Å². The maximum atomic E-state index is 12.4. The number of aliphatic hydroxyl groups excluding tert-OH is 2. The fourth-order valence-electron chi connectivity index (χ4n) is 2.88. The summed E-state index contributed by atoms with van der Waals surface area (Å²) >= 11 is 0. The van der Waals surface area contributed by atoms with E-state index in [1.165, 1.54) is 6.07 Å². The molecule has 0 amide bonds. The highest BCUT2D eigenvalue weighted by Gasteiger charge is 2.49. The average Bonchev–Trinajstić information content (AvgIpc) is 2.51. The Hall–Kier alpha value is -2.38. The van der Waals surface area contributed by atoms with Gasteiger partial charge in [-0.05, 0) is 36.6 Å². The van der Waals surface area contributed by atoms with Crippen LogP contribution in [0.1, 0.15) is 29.6 Å². The van der Waals surface area contributed by atoms with Crippen molar-refractivity contribution in [1.29, 1.82) is 0 Å². The fourth-order valence-corrected chi connectivity index (χ4v) is 2.88. The van der Waals surface area contributed by atoms with Gasteiger partial charge in [0.1, 0.15) is 16.9 Å². The number of carboxylic acids is 1. The van der Waals surface area contributed by atoms with Crippen molar-refractivity contribution in [3.63, 3.8) is 0 Å². The van der Waals surface area contributed by atoms with E-state index in [0.717, 1.165) is 12.1 Å². The van der Waals surface area contributed by atoms with Crippen LogP contribution in [0.3, 0.4) is 0 Å². The number of carbonyl (C=O) groups is 2. The summed E-state index contributed by atoms with van der Waals surface area (Å²) in [5, 5.41) is 48.2. The lowest BCUT2D eigenvalue weighted by molar-refractivity contribution is -0.156. The highest BCUT2D eigenvalue weighted by molar-refractivity contribution is 6.01. The molecule has 7 nitrogen and oxygen atoms in total. The van der Waals surface area contributed by atoms with Gasteiger partial charge in [-0.3, -0.25) is 9.59 Å². The molecular formula is C16H18O7. The van der Waals surface area contributed by atoms with Gasteiger partial charge in [0.15, 0.2) is 5.78 Å². The lowest BCUT2D eigenvalue weighted by Gasteiger charge is -2.37. The molecule has 23 heavy (non-hydrogen) atoms. The van der Waals surface area contributed by atoms with Crippen molar-refractivity contribution in [3.8, 4) is 11.5 Å². The van der Waals surface area contributed by atoms with E-state index in [1.54, 1.807) is 6.08 Å². The molecule has 0 radical (unpaired) electrons. The topological polar surface area (TPSA) is 135 Å². The van der Waals surface area contributed by atoms with Gasteiger partial charge in [0.25, 0.3) is 0 Å². The van der Waals surface area contributed by atoms with Gasteiger partial charge in [0.05, 0.1) is 18.3 Å². The van der Waals surface area contributed by atoms with Gasteiger partial charge < -0.3 is 25.5 Å². The second kappa shape index (κ2) is 6.39. The van der Waals surface area contributed by atoms with E-state index in [-0.39, 0.29) is 29.1 Å². The van der Waals surface area contributed by atoms with Crippen molar-refractivity contribution < 1.29 is 35.1 Å². The van der Waals surface area contributed by atoms with Crippen LogP contribution in [0.2, 0.25) is 0 Å². The van der Waals surface area contributed by atoms with Crippen molar-refractivity contribution in [2.75, 3.05) is 6.61 Å². The highest BCUT2D eigenvalue weighted by atomic mass is 16.4. The largest absolute Gasteiger partial charge is 0.508 e. The second-order valence-electron chi connectivity index (χ2n) is 5.64. The molecular weight excluding hydrogens is 304 g/mol. The Bertz CT molecular complexity index is 664. The molecule has 7 heteroatoms. The van der Waals surface area contributed by atoms with Crippen LogP contribution in [0.15, 0.2) is 29.8 Å². The van der Waals surface area contributed by atoms with Gasteiger partial charge in [-0.2, -0.15) is 0 Å². The predicted octanol–water partition coefficient (Wildman–Crippen LogP) is 0.815. The van der Waals surface area contributed by atoms with Crippen LogP contribution >= 0.6 is 0 Å². The predicted molar refractivity (Wildman–Crippen MR) is 79.2 cm³/mol. The minimum Gasteiger partial charge on any atom is -0.508 e. The molecule has 0 saturated carbocycles. The zero-order valence-corrected chi connectivity index (χ0v) is 12.3. The third-order valence-electron chi connectivity index (χ3n) is 4.24. The number of allylic oxidation sites excluding steroid dienone is 1. The number of aromatic hydroxyl groups is 2. The minimum atomic E-state index is -1.78. The molecule has 5 N–H and O–H groups in total. The summed E-state index contributed by atoms with van der Waals surface area (Å²) in [5.41, 5.74) is -1.83. The van der Waals surface area contributed by atoms with Crippen molar-refractivity contribution in [3.05, 3.63) is 35.4 Å².